The third-order valence-electron chi connectivity index (χ3n) is 3.17. The third kappa shape index (κ3) is 3.63. The van der Waals surface area contributed by atoms with E-state index in [0.717, 1.165) is 17.7 Å². The van der Waals surface area contributed by atoms with E-state index in [1.165, 1.54) is 13.2 Å². The average molecular weight is 303 g/mol. The van der Waals surface area contributed by atoms with Crippen molar-refractivity contribution in [2.24, 2.45) is 0 Å². The van der Waals surface area contributed by atoms with Gasteiger partial charge in [-0.2, -0.15) is 0 Å². The smallest absolute Gasteiger partial charge is 0.491 e. The van der Waals surface area contributed by atoms with Gasteiger partial charge in [0.25, 0.3) is 5.91 Å². The normalized spacial score (nSPS) is 10.2. The van der Waals surface area contributed by atoms with Crippen molar-refractivity contribution >= 4 is 18.5 Å². The van der Waals surface area contributed by atoms with Crippen LogP contribution >= 0.6 is 0 Å². The lowest BCUT2D eigenvalue weighted by atomic mass is 9.79. The van der Waals surface area contributed by atoms with Crippen LogP contribution in [0, 0.1) is 5.82 Å². The zero-order valence-electron chi connectivity index (χ0n) is 11.9. The number of hydrogen-bond acceptors (Lipinski definition) is 4. The van der Waals surface area contributed by atoms with Crippen LogP contribution in [-0.4, -0.2) is 30.2 Å². The van der Waals surface area contributed by atoms with E-state index in [1.54, 1.807) is 6.07 Å². The summed E-state index contributed by atoms with van der Waals surface area (Å²) in [5.74, 6) is -0.586. The highest BCUT2D eigenvalue weighted by molar-refractivity contribution is 6.58. The molecule has 0 heterocycles. The molecule has 0 atom stereocenters. The number of amides is 1. The van der Waals surface area contributed by atoms with Crippen molar-refractivity contribution in [3.8, 4) is 5.75 Å². The fraction of sp³-hybridized carbons (Fsp3) is 0.133. The molecule has 2 aromatic rings. The van der Waals surface area contributed by atoms with E-state index in [-0.39, 0.29) is 17.6 Å². The molecule has 2 aromatic carbocycles. The van der Waals surface area contributed by atoms with Gasteiger partial charge in [0.15, 0.2) is 0 Å². The molecule has 0 unspecified atom stereocenters. The van der Waals surface area contributed by atoms with Gasteiger partial charge in [-0.3, -0.25) is 4.79 Å². The van der Waals surface area contributed by atoms with Crippen molar-refractivity contribution in [3.63, 3.8) is 0 Å². The number of carbonyl (C=O) groups excluding carboxylic acids is 1. The van der Waals surface area contributed by atoms with Crippen LogP contribution in [0.2, 0.25) is 0 Å². The molecule has 7 heteroatoms. The maximum atomic E-state index is 13.4. The standard InChI is InChI=1S/C15H15BFNO4/c1-22-14-5-3-2-4-11(14)9-18-15(19)10-6-7-13(17)12(8-10)16(20)21/h2-8,20-21H,9H2,1H3,(H,18,19). The van der Waals surface area contributed by atoms with Gasteiger partial charge >= 0.3 is 7.12 Å². The van der Waals surface area contributed by atoms with E-state index >= 15 is 0 Å². The molecular weight excluding hydrogens is 288 g/mol. The molecule has 0 spiro atoms. The summed E-state index contributed by atoms with van der Waals surface area (Å²) in [6.07, 6.45) is 0. The van der Waals surface area contributed by atoms with Crippen LogP contribution in [0.3, 0.4) is 0 Å². The number of benzene rings is 2. The van der Waals surface area contributed by atoms with Gasteiger partial charge in [0, 0.05) is 23.1 Å². The van der Waals surface area contributed by atoms with Gasteiger partial charge in [-0.15, -0.1) is 0 Å². The van der Waals surface area contributed by atoms with Crippen molar-refractivity contribution in [1.82, 2.24) is 5.32 Å². The number of methoxy groups -OCH3 is 1. The molecule has 0 aliphatic heterocycles. The predicted molar refractivity (Wildman–Crippen MR) is 80.4 cm³/mol. The topological polar surface area (TPSA) is 78.8 Å². The van der Waals surface area contributed by atoms with Crippen LogP contribution in [0.25, 0.3) is 0 Å². The first kappa shape index (κ1) is 16.0. The number of carbonyl (C=O) groups is 1. The Hall–Kier alpha value is -2.38. The van der Waals surface area contributed by atoms with E-state index in [0.29, 0.717) is 5.75 Å². The van der Waals surface area contributed by atoms with E-state index in [1.807, 2.05) is 18.2 Å². The lowest BCUT2D eigenvalue weighted by molar-refractivity contribution is 0.0950. The second-order valence-electron chi connectivity index (χ2n) is 4.60. The lowest BCUT2D eigenvalue weighted by Gasteiger charge is -2.10. The van der Waals surface area contributed by atoms with Gasteiger partial charge in [-0.1, -0.05) is 18.2 Å². The molecule has 0 aliphatic carbocycles. The Morgan fingerprint density at radius 1 is 1.27 bits per heavy atom. The summed E-state index contributed by atoms with van der Waals surface area (Å²) in [7, 11) is -0.433. The molecule has 0 fully saturated rings. The van der Waals surface area contributed by atoms with Gasteiger partial charge in [0.05, 0.1) is 7.11 Å². The summed E-state index contributed by atoms with van der Waals surface area (Å²) in [4.78, 5) is 12.1. The van der Waals surface area contributed by atoms with E-state index in [9.17, 15) is 9.18 Å². The fourth-order valence-electron chi connectivity index (χ4n) is 2.01. The highest BCUT2D eigenvalue weighted by Crippen LogP contribution is 2.16. The summed E-state index contributed by atoms with van der Waals surface area (Å²) >= 11 is 0. The molecule has 3 N–H and O–H groups in total. The molecule has 0 bridgehead atoms. The summed E-state index contributed by atoms with van der Waals surface area (Å²) in [5.41, 5.74) is 0.590. The Balaban J connectivity index is 2.11. The first-order chi connectivity index (χ1) is 10.5. The number of nitrogens with one attached hydrogen (secondary N) is 1. The van der Waals surface area contributed by atoms with Crippen LogP contribution in [0.1, 0.15) is 15.9 Å². The maximum absolute atomic E-state index is 13.4. The minimum Gasteiger partial charge on any atom is -0.496 e. The predicted octanol–water partition coefficient (Wildman–Crippen LogP) is 0.444. The number of hydrogen-bond donors (Lipinski definition) is 3. The monoisotopic (exact) mass is 303 g/mol. The molecule has 0 radical (unpaired) electrons. The highest BCUT2D eigenvalue weighted by atomic mass is 19.1. The Bertz CT molecular complexity index is 678. The maximum Gasteiger partial charge on any atom is 0.491 e. The number of ether oxygens (including phenoxy) is 1. The first-order valence-corrected chi connectivity index (χ1v) is 6.58. The minimum atomic E-state index is -1.97. The van der Waals surface area contributed by atoms with Gasteiger partial charge in [-0.25, -0.2) is 4.39 Å². The molecule has 0 saturated carbocycles. The molecule has 22 heavy (non-hydrogen) atoms. The van der Waals surface area contributed by atoms with Gasteiger partial charge < -0.3 is 20.1 Å². The summed E-state index contributed by atoms with van der Waals surface area (Å²) < 4.78 is 18.5. The van der Waals surface area contributed by atoms with Crippen molar-refractivity contribution in [1.29, 1.82) is 0 Å². The Labute approximate surface area is 127 Å². The van der Waals surface area contributed by atoms with Crippen LogP contribution < -0.4 is 15.5 Å². The molecule has 2 rings (SSSR count). The average Bonchev–Trinajstić information content (AvgIpc) is 2.53. The van der Waals surface area contributed by atoms with Crippen molar-refractivity contribution in [2.45, 2.75) is 6.54 Å². The Morgan fingerprint density at radius 2 is 2.00 bits per heavy atom. The zero-order chi connectivity index (χ0) is 16.1. The minimum absolute atomic E-state index is 0.138. The highest BCUT2D eigenvalue weighted by Gasteiger charge is 2.18. The summed E-state index contributed by atoms with van der Waals surface area (Å²) in [5, 5.41) is 20.8. The van der Waals surface area contributed by atoms with Crippen LogP contribution in [-0.2, 0) is 6.54 Å². The van der Waals surface area contributed by atoms with Crippen LogP contribution in [0.5, 0.6) is 5.75 Å². The van der Waals surface area contributed by atoms with E-state index in [4.69, 9.17) is 14.8 Å². The second kappa shape index (κ2) is 7.06. The number of para-hydroxylation sites is 1. The van der Waals surface area contributed by atoms with Gasteiger partial charge in [0.2, 0.25) is 0 Å². The van der Waals surface area contributed by atoms with Crippen LogP contribution in [0.15, 0.2) is 42.5 Å². The SMILES string of the molecule is COc1ccccc1CNC(=O)c1ccc(F)c(B(O)O)c1. The van der Waals surface area contributed by atoms with Crippen molar-refractivity contribution < 1.29 is 24.0 Å². The quantitative estimate of drug-likeness (QED) is 0.701. The molecular formula is C15H15BFNO4. The largest absolute Gasteiger partial charge is 0.496 e. The molecule has 114 valence electrons. The molecule has 5 nitrogen and oxygen atoms in total. The Kier molecular flexibility index (Phi) is 5.14. The van der Waals surface area contributed by atoms with Crippen LogP contribution in [0.4, 0.5) is 4.39 Å². The second-order valence-corrected chi connectivity index (χ2v) is 4.60. The number of halogens is 1. The van der Waals surface area contributed by atoms with Gasteiger partial charge in [0.1, 0.15) is 11.6 Å². The molecule has 0 aromatic heterocycles. The number of rotatable bonds is 5. The molecule has 0 saturated heterocycles. The summed E-state index contributed by atoms with van der Waals surface area (Å²) in [6.45, 7) is 0.233. The lowest BCUT2D eigenvalue weighted by Crippen LogP contribution is -2.34. The molecule has 0 aliphatic rings. The molecule has 1 amide bonds. The van der Waals surface area contributed by atoms with E-state index < -0.39 is 18.8 Å². The zero-order valence-corrected chi connectivity index (χ0v) is 11.9. The van der Waals surface area contributed by atoms with Crippen molar-refractivity contribution in [3.05, 3.63) is 59.4 Å². The first-order valence-electron chi connectivity index (χ1n) is 6.58. The third-order valence-corrected chi connectivity index (χ3v) is 3.17. The summed E-state index contributed by atoms with van der Waals surface area (Å²) in [6, 6.07) is 10.6. The van der Waals surface area contributed by atoms with E-state index in [2.05, 4.69) is 5.32 Å². The Morgan fingerprint density at radius 3 is 2.68 bits per heavy atom. The fourth-order valence-corrected chi connectivity index (χ4v) is 2.01. The van der Waals surface area contributed by atoms with Gasteiger partial charge in [-0.05, 0) is 24.3 Å². The van der Waals surface area contributed by atoms with Crippen molar-refractivity contribution in [2.75, 3.05) is 7.11 Å².